The fourth-order valence-corrected chi connectivity index (χ4v) is 1.72. The fourth-order valence-electron chi connectivity index (χ4n) is 1.55. The van der Waals surface area contributed by atoms with E-state index in [2.05, 4.69) is 4.98 Å². The lowest BCUT2D eigenvalue weighted by Gasteiger charge is -2.07. The van der Waals surface area contributed by atoms with Crippen LogP contribution in [0, 0.1) is 6.92 Å². The van der Waals surface area contributed by atoms with E-state index in [1.807, 2.05) is 0 Å². The van der Waals surface area contributed by atoms with Crippen LogP contribution in [0.2, 0.25) is 5.02 Å². The predicted molar refractivity (Wildman–Crippen MR) is 72.3 cm³/mol. The van der Waals surface area contributed by atoms with Crippen molar-refractivity contribution in [2.45, 2.75) is 6.92 Å². The number of rotatable bonds is 3. The summed E-state index contributed by atoms with van der Waals surface area (Å²) < 4.78 is 5.10. The Kier molecular flexibility index (Phi) is 4.00. The van der Waals surface area contributed by atoms with Gasteiger partial charge in [-0.3, -0.25) is 4.98 Å². The Balaban J connectivity index is 2.28. The van der Waals surface area contributed by atoms with Gasteiger partial charge >= 0.3 is 11.9 Å². The molecule has 0 aliphatic rings. The molecule has 0 radical (unpaired) electrons. The summed E-state index contributed by atoms with van der Waals surface area (Å²) in [5.74, 6) is -1.66. The van der Waals surface area contributed by atoms with E-state index in [4.69, 9.17) is 21.4 Å². The van der Waals surface area contributed by atoms with Crippen LogP contribution >= 0.6 is 11.6 Å². The normalized spacial score (nSPS) is 10.1. The number of esters is 1. The molecule has 1 heterocycles. The summed E-state index contributed by atoms with van der Waals surface area (Å²) in [4.78, 5) is 26.8. The molecule has 0 amide bonds. The number of pyridine rings is 1. The summed E-state index contributed by atoms with van der Waals surface area (Å²) in [5.41, 5.74) is 0.332. The highest BCUT2D eigenvalue weighted by Gasteiger charge is 2.16. The summed E-state index contributed by atoms with van der Waals surface area (Å²) in [5, 5.41) is 9.28. The maximum atomic E-state index is 11.9. The number of para-hydroxylation sites is 1. The zero-order valence-corrected chi connectivity index (χ0v) is 11.2. The first-order chi connectivity index (χ1) is 9.49. The molecule has 0 aliphatic carbocycles. The van der Waals surface area contributed by atoms with Crippen molar-refractivity contribution >= 4 is 23.5 Å². The summed E-state index contributed by atoms with van der Waals surface area (Å²) in [7, 11) is 0. The smallest absolute Gasteiger partial charge is 0.345 e. The molecule has 20 heavy (non-hydrogen) atoms. The van der Waals surface area contributed by atoms with Gasteiger partial charge in [-0.1, -0.05) is 23.7 Å². The van der Waals surface area contributed by atoms with Crippen LogP contribution in [0.1, 0.15) is 26.4 Å². The molecule has 2 aromatic rings. The quantitative estimate of drug-likeness (QED) is 0.695. The SMILES string of the molecule is Cc1ncc(C(=O)Oc2ccccc2Cl)cc1C(=O)O. The van der Waals surface area contributed by atoms with Crippen LogP contribution in [0.5, 0.6) is 5.75 Å². The zero-order chi connectivity index (χ0) is 14.7. The molecular formula is C14H10ClNO4. The van der Waals surface area contributed by atoms with Gasteiger partial charge in [-0.2, -0.15) is 0 Å². The van der Waals surface area contributed by atoms with Gasteiger partial charge < -0.3 is 9.84 Å². The Hall–Kier alpha value is -2.40. The minimum atomic E-state index is -1.15. The van der Waals surface area contributed by atoms with Gasteiger partial charge in [0.2, 0.25) is 0 Å². The summed E-state index contributed by atoms with van der Waals surface area (Å²) in [6.45, 7) is 1.55. The number of hydrogen-bond donors (Lipinski definition) is 1. The first kappa shape index (κ1) is 14.0. The second kappa shape index (κ2) is 5.71. The minimum absolute atomic E-state index is 0.0430. The van der Waals surface area contributed by atoms with Crippen LogP contribution in [-0.2, 0) is 0 Å². The Morgan fingerprint density at radius 3 is 2.65 bits per heavy atom. The highest BCUT2D eigenvalue weighted by Crippen LogP contribution is 2.24. The van der Waals surface area contributed by atoms with E-state index in [1.165, 1.54) is 12.3 Å². The number of carboxylic acid groups (broad SMARTS) is 1. The van der Waals surface area contributed by atoms with Gasteiger partial charge in [0.1, 0.15) is 5.75 Å². The second-order valence-corrected chi connectivity index (χ2v) is 4.39. The largest absolute Gasteiger partial charge is 0.478 e. The van der Waals surface area contributed by atoms with E-state index in [-0.39, 0.29) is 16.9 Å². The third-order valence-corrected chi connectivity index (χ3v) is 2.90. The van der Waals surface area contributed by atoms with Gasteiger partial charge in [0.25, 0.3) is 0 Å². The molecule has 1 aromatic carbocycles. The van der Waals surface area contributed by atoms with Gasteiger partial charge in [-0.15, -0.1) is 0 Å². The van der Waals surface area contributed by atoms with Gasteiger partial charge in [0.05, 0.1) is 21.8 Å². The highest BCUT2D eigenvalue weighted by molar-refractivity contribution is 6.32. The molecule has 102 valence electrons. The van der Waals surface area contributed by atoms with Crippen LogP contribution in [0.15, 0.2) is 36.5 Å². The Morgan fingerprint density at radius 1 is 1.30 bits per heavy atom. The lowest BCUT2D eigenvalue weighted by Crippen LogP contribution is -2.12. The first-order valence-corrected chi connectivity index (χ1v) is 6.03. The molecule has 0 atom stereocenters. The molecule has 0 saturated heterocycles. The molecule has 2 rings (SSSR count). The minimum Gasteiger partial charge on any atom is -0.478 e. The molecule has 5 nitrogen and oxygen atoms in total. The van der Waals surface area contributed by atoms with Crippen molar-refractivity contribution in [1.29, 1.82) is 0 Å². The van der Waals surface area contributed by atoms with Crippen molar-refractivity contribution in [1.82, 2.24) is 4.98 Å². The number of carboxylic acids is 1. The third kappa shape index (κ3) is 2.95. The van der Waals surface area contributed by atoms with Gasteiger partial charge in [0, 0.05) is 6.20 Å². The van der Waals surface area contributed by atoms with Crippen LogP contribution < -0.4 is 4.74 Å². The van der Waals surface area contributed by atoms with Crippen molar-refractivity contribution in [2.75, 3.05) is 0 Å². The fraction of sp³-hybridized carbons (Fsp3) is 0.0714. The van der Waals surface area contributed by atoms with Crippen LogP contribution in [0.4, 0.5) is 0 Å². The van der Waals surface area contributed by atoms with Crippen molar-refractivity contribution in [2.24, 2.45) is 0 Å². The van der Waals surface area contributed by atoms with Gasteiger partial charge in [-0.25, -0.2) is 9.59 Å². The number of ether oxygens (including phenoxy) is 1. The highest BCUT2D eigenvalue weighted by atomic mass is 35.5. The summed E-state index contributed by atoms with van der Waals surface area (Å²) in [6, 6.07) is 7.73. The molecule has 0 fully saturated rings. The monoisotopic (exact) mass is 291 g/mol. The maximum absolute atomic E-state index is 11.9. The first-order valence-electron chi connectivity index (χ1n) is 5.65. The number of aryl methyl sites for hydroxylation is 1. The lowest BCUT2D eigenvalue weighted by atomic mass is 10.1. The lowest BCUT2D eigenvalue weighted by molar-refractivity contribution is 0.0695. The number of aromatic nitrogens is 1. The molecule has 6 heteroatoms. The number of aromatic carboxylic acids is 1. The van der Waals surface area contributed by atoms with Crippen LogP contribution in [0.25, 0.3) is 0 Å². The molecular weight excluding hydrogens is 282 g/mol. The third-order valence-electron chi connectivity index (χ3n) is 2.59. The van der Waals surface area contributed by atoms with Gasteiger partial charge in [0.15, 0.2) is 0 Å². The average molecular weight is 292 g/mol. The van der Waals surface area contributed by atoms with E-state index >= 15 is 0 Å². The number of benzene rings is 1. The molecule has 0 aliphatic heterocycles. The number of halogens is 1. The molecule has 0 bridgehead atoms. The molecule has 0 unspecified atom stereocenters. The number of hydrogen-bond acceptors (Lipinski definition) is 4. The van der Waals surface area contributed by atoms with E-state index in [0.717, 1.165) is 0 Å². The molecule has 0 saturated carbocycles. The Labute approximate surface area is 119 Å². The second-order valence-electron chi connectivity index (χ2n) is 3.98. The van der Waals surface area contributed by atoms with Crippen molar-refractivity contribution in [3.8, 4) is 5.75 Å². The summed E-state index contributed by atoms with van der Waals surface area (Å²) >= 11 is 5.88. The van der Waals surface area contributed by atoms with Crippen molar-refractivity contribution < 1.29 is 19.4 Å². The molecule has 1 aromatic heterocycles. The number of carbonyl (C=O) groups is 2. The van der Waals surface area contributed by atoms with Crippen molar-refractivity contribution in [3.05, 3.63) is 58.4 Å². The standard InChI is InChI=1S/C14H10ClNO4/c1-8-10(13(17)18)6-9(7-16-8)14(19)20-12-5-3-2-4-11(12)15/h2-7H,1H3,(H,17,18). The summed E-state index contributed by atoms with van der Waals surface area (Å²) in [6.07, 6.45) is 1.26. The topological polar surface area (TPSA) is 76.5 Å². The predicted octanol–water partition coefficient (Wildman–Crippen LogP) is 2.96. The van der Waals surface area contributed by atoms with Crippen LogP contribution in [0.3, 0.4) is 0 Å². The maximum Gasteiger partial charge on any atom is 0.345 e. The average Bonchev–Trinajstić information content (AvgIpc) is 2.41. The van der Waals surface area contributed by atoms with E-state index in [0.29, 0.717) is 10.7 Å². The Bertz CT molecular complexity index is 685. The molecule has 1 N–H and O–H groups in total. The number of nitrogens with zero attached hydrogens (tertiary/aromatic N) is 1. The van der Waals surface area contributed by atoms with E-state index in [1.54, 1.807) is 31.2 Å². The van der Waals surface area contributed by atoms with Gasteiger partial charge in [-0.05, 0) is 25.1 Å². The van der Waals surface area contributed by atoms with E-state index in [9.17, 15) is 9.59 Å². The molecule has 0 spiro atoms. The van der Waals surface area contributed by atoms with Crippen LogP contribution in [-0.4, -0.2) is 22.0 Å². The Morgan fingerprint density at radius 2 is 2.00 bits per heavy atom. The van der Waals surface area contributed by atoms with E-state index < -0.39 is 11.9 Å². The zero-order valence-electron chi connectivity index (χ0n) is 10.5. The number of carbonyl (C=O) groups excluding carboxylic acids is 1. The van der Waals surface area contributed by atoms with Crippen molar-refractivity contribution in [3.63, 3.8) is 0 Å².